The van der Waals surface area contributed by atoms with E-state index in [1.54, 1.807) is 36.4 Å². The molecule has 5 heteroatoms. The normalized spacial score (nSPS) is 10.3. The second-order valence-corrected chi connectivity index (χ2v) is 4.65. The number of nitriles is 1. The van der Waals surface area contributed by atoms with E-state index in [-0.39, 0.29) is 27.8 Å². The maximum Gasteiger partial charge on any atom is 0.247 e. The van der Waals surface area contributed by atoms with Gasteiger partial charge in [0.25, 0.3) is 0 Å². The van der Waals surface area contributed by atoms with Gasteiger partial charge in [0.15, 0.2) is 12.0 Å². The number of aldehydes is 1. The van der Waals surface area contributed by atoms with E-state index in [0.717, 1.165) is 0 Å². The van der Waals surface area contributed by atoms with E-state index in [4.69, 9.17) is 26.0 Å². The van der Waals surface area contributed by atoms with Crippen LogP contribution in [0.25, 0.3) is 11.0 Å². The Kier molecular flexibility index (Phi) is 3.35. The number of para-hydroxylation sites is 1. The van der Waals surface area contributed by atoms with Gasteiger partial charge in [0.05, 0.1) is 16.0 Å². The first-order valence-electron chi connectivity index (χ1n) is 6.07. The molecule has 0 saturated heterocycles. The van der Waals surface area contributed by atoms with Crippen molar-refractivity contribution in [1.29, 1.82) is 5.26 Å². The summed E-state index contributed by atoms with van der Waals surface area (Å²) in [6.45, 7) is 0. The van der Waals surface area contributed by atoms with E-state index in [0.29, 0.717) is 17.3 Å². The summed E-state index contributed by atoms with van der Waals surface area (Å²) in [6.07, 6.45) is 0.617. The Hall–Kier alpha value is -2.77. The molecule has 102 valence electrons. The number of hydrogen-bond donors (Lipinski definition) is 0. The van der Waals surface area contributed by atoms with E-state index >= 15 is 0 Å². The highest BCUT2D eigenvalue weighted by Crippen LogP contribution is 2.37. The molecule has 0 saturated carbocycles. The molecule has 0 unspecified atom stereocenters. The van der Waals surface area contributed by atoms with Gasteiger partial charge in [-0.2, -0.15) is 5.26 Å². The fourth-order valence-electron chi connectivity index (χ4n) is 2.03. The maximum atomic E-state index is 11.1. The molecule has 0 fully saturated rings. The molecule has 0 aliphatic rings. The lowest BCUT2D eigenvalue weighted by molar-refractivity contribution is 0.112. The van der Waals surface area contributed by atoms with Crippen LogP contribution in [-0.4, -0.2) is 6.29 Å². The Morgan fingerprint density at radius 3 is 2.76 bits per heavy atom. The minimum Gasteiger partial charge on any atom is -0.451 e. The smallest absolute Gasteiger partial charge is 0.247 e. The zero-order chi connectivity index (χ0) is 14.8. The van der Waals surface area contributed by atoms with Crippen molar-refractivity contribution in [2.24, 2.45) is 0 Å². The number of fused-ring (bicyclic) bond motifs is 1. The first kappa shape index (κ1) is 13.2. The Balaban J connectivity index is 2.17. The first-order chi connectivity index (χ1) is 10.2. The molecule has 0 amide bonds. The number of halogens is 1. The van der Waals surface area contributed by atoms with Gasteiger partial charge < -0.3 is 9.15 Å². The molecule has 1 aromatic heterocycles. The molecule has 0 bridgehead atoms. The number of rotatable bonds is 3. The number of carbonyl (C=O) groups is 1. The zero-order valence-corrected chi connectivity index (χ0v) is 11.4. The van der Waals surface area contributed by atoms with Gasteiger partial charge in [-0.1, -0.05) is 29.8 Å². The quantitative estimate of drug-likeness (QED) is 0.665. The van der Waals surface area contributed by atoms with Gasteiger partial charge in [-0.15, -0.1) is 0 Å². The van der Waals surface area contributed by atoms with Crippen molar-refractivity contribution >= 4 is 28.9 Å². The Bertz CT molecular complexity index is 877. The lowest BCUT2D eigenvalue weighted by Gasteiger charge is -2.07. The van der Waals surface area contributed by atoms with Crippen LogP contribution in [0.1, 0.15) is 16.1 Å². The molecule has 0 N–H and O–H groups in total. The van der Waals surface area contributed by atoms with E-state index in [1.165, 1.54) is 0 Å². The van der Waals surface area contributed by atoms with E-state index < -0.39 is 0 Å². The molecule has 2 aromatic carbocycles. The van der Waals surface area contributed by atoms with Gasteiger partial charge in [0.2, 0.25) is 5.76 Å². The van der Waals surface area contributed by atoms with Crippen molar-refractivity contribution in [3.63, 3.8) is 0 Å². The van der Waals surface area contributed by atoms with Crippen LogP contribution in [0.5, 0.6) is 11.5 Å². The molecule has 1 heterocycles. The predicted octanol–water partition coefficient (Wildman–Crippen LogP) is 4.56. The summed E-state index contributed by atoms with van der Waals surface area (Å²) in [5.41, 5.74) is 0.770. The Morgan fingerprint density at radius 1 is 1.19 bits per heavy atom. The van der Waals surface area contributed by atoms with Crippen LogP contribution in [-0.2, 0) is 0 Å². The van der Waals surface area contributed by atoms with E-state index in [1.807, 2.05) is 12.1 Å². The van der Waals surface area contributed by atoms with Gasteiger partial charge >= 0.3 is 0 Å². The number of carbonyl (C=O) groups excluding carboxylic acids is 1. The highest BCUT2D eigenvalue weighted by Gasteiger charge is 2.18. The van der Waals surface area contributed by atoms with Crippen LogP contribution >= 0.6 is 11.6 Å². The standard InChI is InChI=1S/C16H8ClNO3/c17-12-5-3-7-14(11(12)9-19)21-16-10-4-1-2-6-13(10)20-15(16)8-18/h1-7,9H. The molecule has 0 spiro atoms. The minimum absolute atomic E-state index is 0.0491. The van der Waals surface area contributed by atoms with Crippen LogP contribution in [0, 0.1) is 11.3 Å². The Morgan fingerprint density at radius 2 is 2.00 bits per heavy atom. The summed E-state index contributed by atoms with van der Waals surface area (Å²) in [6, 6.07) is 13.9. The van der Waals surface area contributed by atoms with Crippen LogP contribution in [0.15, 0.2) is 46.9 Å². The van der Waals surface area contributed by atoms with Crippen LogP contribution in [0.2, 0.25) is 5.02 Å². The van der Waals surface area contributed by atoms with Crippen molar-refractivity contribution in [2.75, 3.05) is 0 Å². The summed E-state index contributed by atoms with van der Waals surface area (Å²) in [7, 11) is 0. The molecular formula is C16H8ClNO3. The van der Waals surface area contributed by atoms with Crippen LogP contribution in [0.3, 0.4) is 0 Å². The molecule has 21 heavy (non-hydrogen) atoms. The third-order valence-corrected chi connectivity index (χ3v) is 3.32. The SMILES string of the molecule is N#Cc1oc2ccccc2c1Oc1cccc(Cl)c1C=O. The highest BCUT2D eigenvalue weighted by molar-refractivity contribution is 6.33. The highest BCUT2D eigenvalue weighted by atomic mass is 35.5. The van der Waals surface area contributed by atoms with E-state index in [2.05, 4.69) is 0 Å². The zero-order valence-electron chi connectivity index (χ0n) is 10.7. The predicted molar refractivity (Wildman–Crippen MR) is 77.8 cm³/mol. The number of ether oxygens (including phenoxy) is 1. The third-order valence-electron chi connectivity index (χ3n) is 2.99. The molecule has 4 nitrogen and oxygen atoms in total. The summed E-state index contributed by atoms with van der Waals surface area (Å²) in [4.78, 5) is 11.1. The van der Waals surface area contributed by atoms with Crippen LogP contribution < -0.4 is 4.74 Å². The molecule has 3 rings (SSSR count). The van der Waals surface area contributed by atoms with Crippen molar-refractivity contribution in [2.45, 2.75) is 0 Å². The van der Waals surface area contributed by atoms with Gasteiger partial charge in [0.1, 0.15) is 17.4 Å². The second kappa shape index (κ2) is 5.31. The molecule has 0 atom stereocenters. The molecular weight excluding hydrogens is 290 g/mol. The number of furan rings is 1. The number of nitrogens with zero attached hydrogens (tertiary/aromatic N) is 1. The van der Waals surface area contributed by atoms with E-state index in [9.17, 15) is 4.79 Å². The van der Waals surface area contributed by atoms with Crippen molar-refractivity contribution < 1.29 is 13.9 Å². The first-order valence-corrected chi connectivity index (χ1v) is 6.45. The monoisotopic (exact) mass is 297 g/mol. The van der Waals surface area contributed by atoms with Crippen molar-refractivity contribution in [3.05, 3.63) is 58.8 Å². The van der Waals surface area contributed by atoms with Crippen molar-refractivity contribution in [3.8, 4) is 17.6 Å². The maximum absolute atomic E-state index is 11.1. The number of benzene rings is 2. The minimum atomic E-state index is 0.0491. The average molecular weight is 298 g/mol. The lowest BCUT2D eigenvalue weighted by atomic mass is 10.2. The van der Waals surface area contributed by atoms with Gasteiger partial charge in [-0.05, 0) is 24.3 Å². The lowest BCUT2D eigenvalue weighted by Crippen LogP contribution is -1.92. The molecule has 0 aliphatic carbocycles. The molecule has 3 aromatic rings. The van der Waals surface area contributed by atoms with Gasteiger partial charge in [-0.25, -0.2) is 0 Å². The fourth-order valence-corrected chi connectivity index (χ4v) is 2.24. The fraction of sp³-hybridized carbons (Fsp3) is 0. The van der Waals surface area contributed by atoms with Crippen LogP contribution in [0.4, 0.5) is 0 Å². The van der Waals surface area contributed by atoms with Crippen molar-refractivity contribution in [1.82, 2.24) is 0 Å². The average Bonchev–Trinajstić information content (AvgIpc) is 2.86. The largest absolute Gasteiger partial charge is 0.451 e. The number of hydrogen-bond acceptors (Lipinski definition) is 4. The topological polar surface area (TPSA) is 63.2 Å². The molecule has 0 radical (unpaired) electrons. The molecule has 0 aliphatic heterocycles. The second-order valence-electron chi connectivity index (χ2n) is 4.24. The Labute approximate surface area is 125 Å². The van der Waals surface area contributed by atoms with Gasteiger partial charge in [0, 0.05) is 0 Å². The summed E-state index contributed by atoms with van der Waals surface area (Å²) < 4.78 is 11.1. The third kappa shape index (κ3) is 2.24. The summed E-state index contributed by atoms with van der Waals surface area (Å²) in [5, 5.41) is 10.1. The van der Waals surface area contributed by atoms with Gasteiger partial charge in [-0.3, -0.25) is 4.79 Å². The summed E-state index contributed by atoms with van der Waals surface area (Å²) >= 11 is 5.96. The summed E-state index contributed by atoms with van der Waals surface area (Å²) in [5.74, 6) is 0.604.